The van der Waals surface area contributed by atoms with Crippen LogP contribution in [0.25, 0.3) is 0 Å². The van der Waals surface area contributed by atoms with Gasteiger partial charge in [-0.3, -0.25) is 19.9 Å². The van der Waals surface area contributed by atoms with Crippen LogP contribution in [0.3, 0.4) is 0 Å². The second-order valence-corrected chi connectivity index (χ2v) is 9.84. The molecule has 39 heavy (non-hydrogen) atoms. The van der Waals surface area contributed by atoms with Crippen molar-refractivity contribution in [2.24, 2.45) is 13.0 Å². The molecule has 0 saturated carbocycles. The van der Waals surface area contributed by atoms with Crippen molar-refractivity contribution in [1.29, 1.82) is 5.41 Å². The Balaban J connectivity index is 2.02. The van der Waals surface area contributed by atoms with Crippen molar-refractivity contribution in [3.05, 3.63) is 79.7 Å². The molecule has 2 aromatic heterocycles. The molecule has 1 aliphatic rings. The summed E-state index contributed by atoms with van der Waals surface area (Å²) in [6.45, 7) is 3.67. The number of nitrogens with zero attached hydrogens (tertiary/aromatic N) is 4. The number of allylic oxidation sites excluding steroid dienone is 1. The molecule has 1 aromatic carbocycles. The van der Waals surface area contributed by atoms with Crippen molar-refractivity contribution in [2.45, 2.75) is 19.9 Å². The van der Waals surface area contributed by atoms with Crippen LogP contribution in [0, 0.1) is 17.1 Å². The van der Waals surface area contributed by atoms with Crippen molar-refractivity contribution in [2.75, 3.05) is 24.4 Å². The van der Waals surface area contributed by atoms with Crippen molar-refractivity contribution in [1.82, 2.24) is 14.5 Å². The van der Waals surface area contributed by atoms with Gasteiger partial charge in [-0.1, -0.05) is 43.1 Å². The lowest BCUT2D eigenvalue weighted by molar-refractivity contribution is -0.112. The van der Waals surface area contributed by atoms with Gasteiger partial charge in [0.2, 0.25) is 5.88 Å². The minimum Gasteiger partial charge on any atom is -0.479 e. The Morgan fingerprint density at radius 1 is 1.15 bits per heavy atom. The molecule has 10 nitrogen and oxygen atoms in total. The van der Waals surface area contributed by atoms with Crippen LogP contribution in [-0.2, 0) is 11.8 Å². The number of halogens is 3. The van der Waals surface area contributed by atoms with Crippen molar-refractivity contribution < 1.29 is 18.7 Å². The van der Waals surface area contributed by atoms with Gasteiger partial charge in [0, 0.05) is 35.1 Å². The normalized spacial score (nSPS) is 16.6. The molecular formula is C26H25Cl2FN6O4. The molecular weight excluding hydrogens is 550 g/mol. The van der Waals surface area contributed by atoms with Gasteiger partial charge >= 0.3 is 6.01 Å². The van der Waals surface area contributed by atoms with E-state index in [0.29, 0.717) is 11.4 Å². The summed E-state index contributed by atoms with van der Waals surface area (Å²) in [6.07, 6.45) is 2.82. The van der Waals surface area contributed by atoms with Gasteiger partial charge in [-0.15, -0.1) is 0 Å². The number of anilines is 2. The van der Waals surface area contributed by atoms with E-state index in [1.807, 2.05) is 13.8 Å². The fourth-order valence-electron chi connectivity index (χ4n) is 4.35. The fourth-order valence-corrected chi connectivity index (χ4v) is 4.76. The molecule has 13 heteroatoms. The number of aromatic nitrogens is 3. The number of carbonyl (C=O) groups is 1. The smallest absolute Gasteiger partial charge is 0.319 e. The third-order valence-corrected chi connectivity index (χ3v) is 6.57. The van der Waals surface area contributed by atoms with E-state index in [0.717, 1.165) is 11.0 Å². The molecule has 1 atom stereocenters. The number of nitrogens with one attached hydrogen (secondary N) is 2. The molecule has 1 aliphatic heterocycles. The zero-order valence-corrected chi connectivity index (χ0v) is 23.2. The predicted octanol–water partition coefficient (Wildman–Crippen LogP) is 4.77. The Bertz CT molecular complexity index is 1570. The molecule has 3 heterocycles. The summed E-state index contributed by atoms with van der Waals surface area (Å²) >= 11 is 12.3. The number of carbonyl (C=O) groups excluding carboxylic acids is 1. The van der Waals surface area contributed by atoms with E-state index < -0.39 is 29.0 Å². The van der Waals surface area contributed by atoms with Crippen molar-refractivity contribution in [3.8, 4) is 11.9 Å². The number of ether oxygens (including phenoxy) is 2. The number of rotatable bonds is 7. The highest BCUT2D eigenvalue weighted by Crippen LogP contribution is 2.43. The maximum atomic E-state index is 15.5. The highest BCUT2D eigenvalue weighted by Gasteiger charge is 2.46. The third-order valence-electron chi connectivity index (χ3n) is 6.13. The molecule has 4 rings (SSSR count). The number of hydrogen-bond acceptors (Lipinski definition) is 8. The van der Waals surface area contributed by atoms with Crippen LogP contribution in [0.5, 0.6) is 11.9 Å². The number of benzene rings is 1. The molecule has 1 saturated heterocycles. The van der Waals surface area contributed by atoms with E-state index in [4.69, 9.17) is 38.1 Å². The van der Waals surface area contributed by atoms with E-state index >= 15 is 4.39 Å². The first-order valence-corrected chi connectivity index (χ1v) is 12.4. The predicted molar refractivity (Wildman–Crippen MR) is 147 cm³/mol. The lowest BCUT2D eigenvalue weighted by atomic mass is 9.92. The monoisotopic (exact) mass is 574 g/mol. The Morgan fingerprint density at radius 3 is 2.49 bits per heavy atom. The third kappa shape index (κ3) is 5.19. The molecule has 1 fully saturated rings. The van der Waals surface area contributed by atoms with Crippen LogP contribution in [0.15, 0.2) is 52.7 Å². The van der Waals surface area contributed by atoms with Gasteiger partial charge in [-0.05, 0) is 24.1 Å². The first kappa shape index (κ1) is 28.1. The summed E-state index contributed by atoms with van der Waals surface area (Å²) in [5.74, 6) is -1.70. The summed E-state index contributed by atoms with van der Waals surface area (Å²) in [5, 5.41) is 12.4. The summed E-state index contributed by atoms with van der Waals surface area (Å²) < 4.78 is 27.1. The number of aryl methyl sites for hydroxylation is 1. The largest absolute Gasteiger partial charge is 0.479 e. The van der Waals surface area contributed by atoms with E-state index in [2.05, 4.69) is 15.3 Å². The Morgan fingerprint density at radius 2 is 1.87 bits per heavy atom. The van der Waals surface area contributed by atoms with Gasteiger partial charge in [0.1, 0.15) is 22.9 Å². The zero-order chi connectivity index (χ0) is 28.6. The summed E-state index contributed by atoms with van der Waals surface area (Å²) in [4.78, 5) is 36.2. The molecule has 0 radical (unpaired) electrons. The van der Waals surface area contributed by atoms with Crippen LogP contribution in [0.4, 0.5) is 15.8 Å². The lowest BCUT2D eigenvalue weighted by Gasteiger charge is -2.28. The molecule has 1 amide bonds. The molecule has 3 aromatic rings. The van der Waals surface area contributed by atoms with Crippen LogP contribution >= 0.6 is 23.2 Å². The summed E-state index contributed by atoms with van der Waals surface area (Å²) in [5.41, 5.74) is -0.196. The van der Waals surface area contributed by atoms with Gasteiger partial charge in [-0.25, -0.2) is 9.37 Å². The van der Waals surface area contributed by atoms with E-state index in [-0.39, 0.29) is 44.7 Å². The average Bonchev–Trinajstić information content (AvgIpc) is 3.14. The van der Waals surface area contributed by atoms with E-state index in [1.165, 1.54) is 56.4 Å². The topological polar surface area (TPSA) is 122 Å². The fraction of sp³-hybridized carbons (Fsp3) is 0.269. The zero-order valence-electron chi connectivity index (χ0n) is 21.7. The second-order valence-electron chi connectivity index (χ2n) is 8.96. The van der Waals surface area contributed by atoms with Crippen molar-refractivity contribution in [3.63, 3.8) is 0 Å². The summed E-state index contributed by atoms with van der Waals surface area (Å²) in [6, 6.07) is 4.19. The first-order chi connectivity index (χ1) is 18.5. The van der Waals surface area contributed by atoms with Gasteiger partial charge in [0.15, 0.2) is 0 Å². The number of pyridine rings is 1. The second kappa shape index (κ2) is 11.0. The number of hydrogen-bond donors (Lipinski definition) is 2. The van der Waals surface area contributed by atoms with Crippen LogP contribution in [-0.4, -0.2) is 40.4 Å². The molecule has 2 N–H and O–H groups in total. The van der Waals surface area contributed by atoms with Crippen LogP contribution < -0.4 is 25.2 Å². The van der Waals surface area contributed by atoms with Gasteiger partial charge in [0.05, 0.1) is 31.5 Å². The summed E-state index contributed by atoms with van der Waals surface area (Å²) in [7, 11) is 4.31. The molecule has 204 valence electrons. The Labute approximate surface area is 233 Å². The molecule has 0 spiro atoms. The average molecular weight is 575 g/mol. The van der Waals surface area contributed by atoms with Gasteiger partial charge < -0.3 is 19.4 Å². The highest BCUT2D eigenvalue weighted by atomic mass is 35.5. The SMILES string of the molecule is COc1ncc(N/C(=C2\C(=N)C(=O)N(c3cc(Cl)cn(C)c3=O)C2c2ccc(Cl)cc2F)C(C)C)c(OC)n1. The Kier molecular flexibility index (Phi) is 7.94. The number of methoxy groups -OCH3 is 2. The molecule has 0 aliphatic carbocycles. The van der Waals surface area contributed by atoms with Crippen LogP contribution in [0.2, 0.25) is 10.0 Å². The van der Waals surface area contributed by atoms with Crippen LogP contribution in [0.1, 0.15) is 25.5 Å². The number of amides is 1. The molecule has 0 bridgehead atoms. The lowest BCUT2D eigenvalue weighted by Crippen LogP contribution is -2.35. The molecule has 1 unspecified atom stereocenters. The Hall–Kier alpha value is -3.96. The van der Waals surface area contributed by atoms with Gasteiger partial charge in [-0.2, -0.15) is 4.98 Å². The minimum atomic E-state index is -1.21. The maximum absolute atomic E-state index is 15.5. The van der Waals surface area contributed by atoms with E-state index in [1.54, 1.807) is 0 Å². The van der Waals surface area contributed by atoms with Gasteiger partial charge in [0.25, 0.3) is 11.5 Å². The van der Waals surface area contributed by atoms with Crippen molar-refractivity contribution >= 4 is 46.2 Å². The standard InChI is InChI=1S/C26H25Cl2FN6O4/c1-12(2)21(32-17-10-31-26(39-5)33-23(17)38-4)19-20(30)25(37)35(18-9-14(28)11-34(3)24(18)36)22(19)15-7-6-13(27)8-16(15)29/h6-12,22,30,32H,1-5H3/b21-19+,30-20?. The quantitative estimate of drug-likeness (QED) is 0.416. The highest BCUT2D eigenvalue weighted by molar-refractivity contribution is 6.52. The maximum Gasteiger partial charge on any atom is 0.319 e. The minimum absolute atomic E-state index is 0.0323. The first-order valence-electron chi connectivity index (χ1n) is 11.7. The van der Waals surface area contributed by atoms with E-state index in [9.17, 15) is 9.59 Å².